The molecule has 122 valence electrons. The van der Waals surface area contributed by atoms with Crippen LogP contribution in [0.2, 0.25) is 0 Å². The van der Waals surface area contributed by atoms with Crippen molar-refractivity contribution in [3.8, 4) is 11.1 Å². The van der Waals surface area contributed by atoms with Crippen LogP contribution in [0, 0.1) is 0 Å². The third-order valence-electron chi connectivity index (χ3n) is 4.68. The fourth-order valence-electron chi connectivity index (χ4n) is 3.57. The number of anilines is 2. The minimum absolute atomic E-state index is 0.958. The lowest BCUT2D eigenvalue weighted by Gasteiger charge is -2.13. The SMILES string of the molecule is CNC1=Cc2cc3sc(NC)c(NC)c3c(-c3ccccc3)c2C1. The number of hydrogen-bond acceptors (Lipinski definition) is 4. The zero-order valence-electron chi connectivity index (χ0n) is 14.2. The molecule has 4 heteroatoms. The third kappa shape index (κ3) is 2.18. The highest BCUT2D eigenvalue weighted by Gasteiger charge is 2.23. The monoisotopic (exact) mass is 335 g/mol. The minimum Gasteiger partial charge on any atom is -0.391 e. The Bertz CT molecular complexity index is 939. The van der Waals surface area contributed by atoms with Crippen LogP contribution in [-0.2, 0) is 6.42 Å². The quantitative estimate of drug-likeness (QED) is 0.643. The van der Waals surface area contributed by atoms with Gasteiger partial charge in [0.2, 0.25) is 0 Å². The van der Waals surface area contributed by atoms with Crippen molar-refractivity contribution in [1.82, 2.24) is 5.32 Å². The van der Waals surface area contributed by atoms with E-state index in [2.05, 4.69) is 58.4 Å². The summed E-state index contributed by atoms with van der Waals surface area (Å²) in [7, 11) is 5.99. The Hall–Kier alpha value is -2.46. The summed E-state index contributed by atoms with van der Waals surface area (Å²) in [6.07, 6.45) is 3.24. The van der Waals surface area contributed by atoms with E-state index < -0.39 is 0 Å². The molecule has 0 aliphatic heterocycles. The van der Waals surface area contributed by atoms with Gasteiger partial charge in [-0.1, -0.05) is 30.3 Å². The average molecular weight is 335 g/mol. The molecule has 0 fully saturated rings. The van der Waals surface area contributed by atoms with E-state index in [4.69, 9.17) is 0 Å². The van der Waals surface area contributed by atoms with Gasteiger partial charge >= 0.3 is 0 Å². The van der Waals surface area contributed by atoms with Crippen molar-refractivity contribution in [1.29, 1.82) is 0 Å². The van der Waals surface area contributed by atoms with Gasteiger partial charge < -0.3 is 16.0 Å². The van der Waals surface area contributed by atoms with Crippen molar-refractivity contribution in [3.63, 3.8) is 0 Å². The number of thiophene rings is 1. The summed E-state index contributed by atoms with van der Waals surface area (Å²) in [6.45, 7) is 0. The van der Waals surface area contributed by atoms with Crippen molar-refractivity contribution in [2.45, 2.75) is 6.42 Å². The Morgan fingerprint density at radius 3 is 2.42 bits per heavy atom. The highest BCUT2D eigenvalue weighted by atomic mass is 32.1. The summed E-state index contributed by atoms with van der Waals surface area (Å²) in [5, 5.41) is 12.6. The number of allylic oxidation sites excluding steroid dienone is 1. The molecule has 0 bridgehead atoms. The van der Waals surface area contributed by atoms with Crippen LogP contribution in [0.25, 0.3) is 27.3 Å². The summed E-state index contributed by atoms with van der Waals surface area (Å²) in [6, 6.07) is 13.1. The largest absolute Gasteiger partial charge is 0.391 e. The second-order valence-electron chi connectivity index (χ2n) is 5.96. The normalized spacial score (nSPS) is 12.9. The third-order valence-corrected chi connectivity index (χ3v) is 5.83. The van der Waals surface area contributed by atoms with Gasteiger partial charge in [-0.3, -0.25) is 0 Å². The molecule has 0 radical (unpaired) electrons. The van der Waals surface area contributed by atoms with E-state index in [0.29, 0.717) is 0 Å². The number of hydrogen-bond donors (Lipinski definition) is 3. The van der Waals surface area contributed by atoms with Gasteiger partial charge in [0.1, 0.15) is 5.00 Å². The average Bonchev–Trinajstić information content (AvgIpc) is 3.20. The van der Waals surface area contributed by atoms with E-state index in [9.17, 15) is 0 Å². The van der Waals surface area contributed by atoms with Crippen molar-refractivity contribution in [3.05, 3.63) is 53.2 Å². The summed E-state index contributed by atoms with van der Waals surface area (Å²) in [5.74, 6) is 0. The van der Waals surface area contributed by atoms with E-state index in [1.54, 1.807) is 0 Å². The van der Waals surface area contributed by atoms with Crippen LogP contribution >= 0.6 is 11.3 Å². The van der Waals surface area contributed by atoms with Crippen LogP contribution in [0.1, 0.15) is 11.1 Å². The Morgan fingerprint density at radius 2 is 1.75 bits per heavy atom. The second-order valence-corrected chi connectivity index (χ2v) is 7.01. The first-order chi connectivity index (χ1) is 11.8. The molecule has 0 saturated heterocycles. The van der Waals surface area contributed by atoms with E-state index in [0.717, 1.165) is 6.42 Å². The number of fused-ring (bicyclic) bond motifs is 2. The predicted molar refractivity (Wildman–Crippen MR) is 107 cm³/mol. The van der Waals surface area contributed by atoms with Gasteiger partial charge in [-0.15, -0.1) is 11.3 Å². The van der Waals surface area contributed by atoms with E-state index in [1.807, 2.05) is 32.5 Å². The zero-order chi connectivity index (χ0) is 16.7. The van der Waals surface area contributed by atoms with Crippen molar-refractivity contribution in [2.24, 2.45) is 0 Å². The first kappa shape index (κ1) is 15.1. The highest BCUT2D eigenvalue weighted by Crippen LogP contribution is 2.48. The Morgan fingerprint density at radius 1 is 0.958 bits per heavy atom. The van der Waals surface area contributed by atoms with Crippen LogP contribution < -0.4 is 16.0 Å². The molecule has 1 aliphatic rings. The first-order valence-corrected chi connectivity index (χ1v) is 9.00. The summed E-state index contributed by atoms with van der Waals surface area (Å²) < 4.78 is 1.31. The van der Waals surface area contributed by atoms with E-state index >= 15 is 0 Å². The molecule has 0 saturated carbocycles. The fraction of sp³-hybridized carbons (Fsp3) is 0.200. The number of likely N-dealkylation sites (N-methyl/N-ethyl adjacent to an activating group) is 1. The van der Waals surface area contributed by atoms with Gasteiger partial charge in [0.25, 0.3) is 0 Å². The van der Waals surface area contributed by atoms with Gasteiger partial charge in [-0.2, -0.15) is 0 Å². The Kier molecular flexibility index (Phi) is 3.69. The molecular weight excluding hydrogens is 314 g/mol. The Labute approximate surface area is 146 Å². The second kappa shape index (κ2) is 5.87. The number of rotatable bonds is 4. The molecule has 0 amide bonds. The molecule has 0 atom stereocenters. The lowest BCUT2D eigenvalue weighted by Crippen LogP contribution is -2.05. The molecule has 4 rings (SSSR count). The molecule has 0 unspecified atom stereocenters. The zero-order valence-corrected chi connectivity index (χ0v) is 15.0. The van der Waals surface area contributed by atoms with Crippen LogP contribution in [0.4, 0.5) is 10.7 Å². The molecule has 3 nitrogen and oxygen atoms in total. The van der Waals surface area contributed by atoms with E-state index in [-0.39, 0.29) is 0 Å². The molecule has 3 N–H and O–H groups in total. The topological polar surface area (TPSA) is 36.1 Å². The van der Waals surface area contributed by atoms with Crippen LogP contribution in [0.5, 0.6) is 0 Å². The number of benzene rings is 2. The maximum atomic E-state index is 3.41. The lowest BCUT2D eigenvalue weighted by atomic mass is 9.92. The predicted octanol–water partition coefficient (Wildman–Crippen LogP) is 4.77. The first-order valence-electron chi connectivity index (χ1n) is 8.18. The maximum absolute atomic E-state index is 3.41. The maximum Gasteiger partial charge on any atom is 0.113 e. The smallest absolute Gasteiger partial charge is 0.113 e. The minimum atomic E-state index is 0.958. The molecule has 24 heavy (non-hydrogen) atoms. The van der Waals surface area contributed by atoms with E-state index in [1.165, 1.54) is 48.7 Å². The van der Waals surface area contributed by atoms with Crippen LogP contribution in [0.15, 0.2) is 42.1 Å². The van der Waals surface area contributed by atoms with Gasteiger partial charge in [0.15, 0.2) is 0 Å². The molecule has 1 heterocycles. The summed E-state index contributed by atoms with van der Waals surface area (Å²) in [4.78, 5) is 0. The van der Waals surface area contributed by atoms with Crippen molar-refractivity contribution in [2.75, 3.05) is 31.8 Å². The van der Waals surface area contributed by atoms with Gasteiger partial charge in [-0.25, -0.2) is 0 Å². The Balaban J connectivity index is 2.10. The lowest BCUT2D eigenvalue weighted by molar-refractivity contribution is 0.950. The van der Waals surface area contributed by atoms with Gasteiger partial charge in [0.05, 0.1) is 5.69 Å². The molecular formula is C20H21N3S. The number of nitrogens with one attached hydrogen (secondary N) is 3. The standard InChI is InChI=1S/C20H21N3S/c1-21-14-9-13-10-16-18(19(22-2)20(23-3)24-16)17(15(13)11-14)12-7-5-4-6-8-12/h4-10,21-23H,11H2,1-3H3. The van der Waals surface area contributed by atoms with Gasteiger partial charge in [0, 0.05) is 43.3 Å². The van der Waals surface area contributed by atoms with Crippen LogP contribution in [-0.4, -0.2) is 21.1 Å². The van der Waals surface area contributed by atoms with Gasteiger partial charge in [-0.05, 0) is 34.4 Å². The molecule has 1 aromatic heterocycles. The van der Waals surface area contributed by atoms with Crippen molar-refractivity contribution >= 4 is 38.2 Å². The fourth-order valence-corrected chi connectivity index (χ4v) is 4.69. The molecule has 2 aromatic carbocycles. The molecule has 0 spiro atoms. The molecule has 1 aliphatic carbocycles. The summed E-state index contributed by atoms with van der Waals surface area (Å²) in [5.41, 5.74) is 7.85. The summed E-state index contributed by atoms with van der Waals surface area (Å²) >= 11 is 1.81. The molecule has 3 aromatic rings. The highest BCUT2D eigenvalue weighted by molar-refractivity contribution is 7.23. The van der Waals surface area contributed by atoms with Crippen molar-refractivity contribution < 1.29 is 0 Å². The van der Waals surface area contributed by atoms with Crippen LogP contribution in [0.3, 0.4) is 0 Å².